The fourth-order valence-corrected chi connectivity index (χ4v) is 6.43. The SMILES string of the molecule is CC(=O)Oc1ccc2c(c1)[C@@H](OC(C)=O)CC1C2CCC2(C)C(OC(C)=O)CCC12. The molecule has 0 N–H and O–H groups in total. The Morgan fingerprint density at radius 3 is 2.33 bits per heavy atom. The van der Waals surface area contributed by atoms with Gasteiger partial charge in [-0.3, -0.25) is 14.4 Å². The molecule has 0 radical (unpaired) electrons. The van der Waals surface area contributed by atoms with Crippen molar-refractivity contribution in [2.45, 2.75) is 77.9 Å². The van der Waals surface area contributed by atoms with E-state index < -0.39 is 0 Å². The van der Waals surface area contributed by atoms with Crippen molar-refractivity contribution >= 4 is 17.9 Å². The molecule has 1 aromatic rings. The Morgan fingerprint density at radius 2 is 1.67 bits per heavy atom. The van der Waals surface area contributed by atoms with E-state index in [1.165, 1.54) is 26.3 Å². The zero-order valence-electron chi connectivity index (χ0n) is 18.1. The van der Waals surface area contributed by atoms with E-state index in [9.17, 15) is 14.4 Å². The van der Waals surface area contributed by atoms with Crippen molar-refractivity contribution in [2.24, 2.45) is 17.3 Å². The molecule has 0 bridgehead atoms. The molecule has 3 aliphatic rings. The number of hydrogen-bond donors (Lipinski definition) is 0. The molecule has 6 nitrogen and oxygen atoms in total. The lowest BCUT2D eigenvalue weighted by atomic mass is 9.55. The first kappa shape index (κ1) is 20.9. The molecule has 0 spiro atoms. The van der Waals surface area contributed by atoms with Gasteiger partial charge < -0.3 is 14.2 Å². The van der Waals surface area contributed by atoms with Crippen molar-refractivity contribution in [3.63, 3.8) is 0 Å². The van der Waals surface area contributed by atoms with Gasteiger partial charge >= 0.3 is 17.9 Å². The fourth-order valence-electron chi connectivity index (χ4n) is 6.43. The van der Waals surface area contributed by atoms with Gasteiger partial charge in [0.1, 0.15) is 18.0 Å². The zero-order valence-corrected chi connectivity index (χ0v) is 18.1. The summed E-state index contributed by atoms with van der Waals surface area (Å²) in [5.74, 6) is 0.726. The van der Waals surface area contributed by atoms with Crippen LogP contribution in [0.25, 0.3) is 0 Å². The highest BCUT2D eigenvalue weighted by atomic mass is 16.5. The lowest BCUT2D eigenvalue weighted by molar-refractivity contribution is -0.157. The molecule has 0 saturated heterocycles. The van der Waals surface area contributed by atoms with E-state index in [1.807, 2.05) is 18.2 Å². The summed E-state index contributed by atoms with van der Waals surface area (Å²) in [6, 6.07) is 5.71. The molecule has 1 aromatic carbocycles. The number of carbonyl (C=O) groups excluding carboxylic acids is 3. The molecular formula is C24H30O6. The first-order chi connectivity index (χ1) is 14.2. The van der Waals surface area contributed by atoms with Gasteiger partial charge in [0.25, 0.3) is 0 Å². The average molecular weight is 414 g/mol. The Kier molecular flexibility index (Phi) is 5.37. The van der Waals surface area contributed by atoms with Crippen molar-refractivity contribution in [1.82, 2.24) is 0 Å². The van der Waals surface area contributed by atoms with Gasteiger partial charge in [0.2, 0.25) is 0 Å². The molecule has 0 amide bonds. The van der Waals surface area contributed by atoms with Crippen molar-refractivity contribution in [1.29, 1.82) is 0 Å². The van der Waals surface area contributed by atoms with E-state index in [4.69, 9.17) is 14.2 Å². The van der Waals surface area contributed by atoms with Gasteiger partial charge in [-0.2, -0.15) is 0 Å². The van der Waals surface area contributed by atoms with Crippen molar-refractivity contribution in [3.8, 4) is 5.75 Å². The minimum absolute atomic E-state index is 0.0389. The third-order valence-electron chi connectivity index (χ3n) is 7.52. The summed E-state index contributed by atoms with van der Waals surface area (Å²) in [6.07, 6.45) is 4.25. The molecule has 2 fully saturated rings. The van der Waals surface area contributed by atoms with Crippen LogP contribution >= 0.6 is 0 Å². The van der Waals surface area contributed by atoms with Crippen LogP contribution in [0.1, 0.15) is 82.9 Å². The second-order valence-electron chi connectivity index (χ2n) is 9.31. The highest BCUT2D eigenvalue weighted by Crippen LogP contribution is 2.63. The maximum Gasteiger partial charge on any atom is 0.308 e. The van der Waals surface area contributed by atoms with E-state index >= 15 is 0 Å². The highest BCUT2D eigenvalue weighted by molar-refractivity contribution is 5.70. The summed E-state index contributed by atoms with van der Waals surface area (Å²) < 4.78 is 16.7. The Hall–Kier alpha value is -2.37. The summed E-state index contributed by atoms with van der Waals surface area (Å²) >= 11 is 0. The molecule has 0 heterocycles. The van der Waals surface area contributed by atoms with Crippen LogP contribution in [0.5, 0.6) is 5.75 Å². The molecular weight excluding hydrogens is 384 g/mol. The zero-order chi connectivity index (χ0) is 21.6. The third kappa shape index (κ3) is 3.61. The lowest BCUT2D eigenvalue weighted by Gasteiger charge is -2.51. The van der Waals surface area contributed by atoms with Crippen LogP contribution in [0.4, 0.5) is 0 Å². The van der Waals surface area contributed by atoms with E-state index in [0.29, 0.717) is 23.5 Å². The summed E-state index contributed by atoms with van der Waals surface area (Å²) in [6.45, 7) is 6.55. The van der Waals surface area contributed by atoms with Crippen LogP contribution < -0.4 is 4.74 Å². The monoisotopic (exact) mass is 414 g/mol. The Bertz CT molecular complexity index is 876. The number of rotatable bonds is 3. The smallest absolute Gasteiger partial charge is 0.308 e. The maximum absolute atomic E-state index is 11.8. The first-order valence-corrected chi connectivity index (χ1v) is 10.9. The molecule has 6 atom stereocenters. The van der Waals surface area contributed by atoms with E-state index in [0.717, 1.165) is 37.7 Å². The number of carbonyl (C=O) groups is 3. The molecule has 6 heteroatoms. The van der Waals surface area contributed by atoms with Crippen LogP contribution in [0.15, 0.2) is 18.2 Å². The van der Waals surface area contributed by atoms with E-state index in [1.54, 1.807) is 0 Å². The van der Waals surface area contributed by atoms with Gasteiger partial charge in [0, 0.05) is 26.2 Å². The molecule has 2 saturated carbocycles. The average Bonchev–Trinajstić information content (AvgIpc) is 2.97. The standard InChI is InChI=1S/C24H30O6/c1-13(25)28-16-5-6-17-18-9-10-24(4)21(7-8-23(24)30-15(3)27)19(18)12-22(20(17)11-16)29-14(2)26/h5-6,11,18-19,21-23H,7-10,12H2,1-4H3/t18?,19?,21?,22-,23?,24?/m0/s1. The summed E-state index contributed by atoms with van der Waals surface area (Å²) in [7, 11) is 0. The van der Waals surface area contributed by atoms with Crippen LogP contribution in [0.2, 0.25) is 0 Å². The predicted octanol–water partition coefficient (Wildman–Crippen LogP) is 4.46. The van der Waals surface area contributed by atoms with Crippen LogP contribution in [0, 0.1) is 17.3 Å². The van der Waals surface area contributed by atoms with Crippen LogP contribution in [0.3, 0.4) is 0 Å². The molecule has 0 aliphatic heterocycles. The van der Waals surface area contributed by atoms with Crippen LogP contribution in [-0.2, 0) is 23.9 Å². The highest BCUT2D eigenvalue weighted by Gasteiger charge is 2.57. The topological polar surface area (TPSA) is 78.9 Å². The Labute approximate surface area is 177 Å². The molecule has 5 unspecified atom stereocenters. The Balaban J connectivity index is 1.69. The Morgan fingerprint density at radius 1 is 0.933 bits per heavy atom. The largest absolute Gasteiger partial charge is 0.462 e. The summed E-state index contributed by atoms with van der Waals surface area (Å²) in [5, 5.41) is 0. The molecule has 3 aliphatic carbocycles. The number of esters is 3. The number of fused-ring (bicyclic) bond motifs is 5. The minimum atomic E-state index is -0.372. The fraction of sp³-hybridized carbons (Fsp3) is 0.625. The van der Waals surface area contributed by atoms with Gasteiger partial charge in [-0.05, 0) is 73.1 Å². The predicted molar refractivity (Wildman–Crippen MR) is 109 cm³/mol. The third-order valence-corrected chi connectivity index (χ3v) is 7.52. The van der Waals surface area contributed by atoms with Crippen molar-refractivity contribution in [2.75, 3.05) is 0 Å². The number of ether oxygens (including phenoxy) is 3. The quantitative estimate of drug-likeness (QED) is 0.537. The van der Waals surface area contributed by atoms with Crippen molar-refractivity contribution in [3.05, 3.63) is 29.3 Å². The van der Waals surface area contributed by atoms with Gasteiger partial charge in [0.05, 0.1) is 0 Å². The maximum atomic E-state index is 11.8. The summed E-state index contributed by atoms with van der Waals surface area (Å²) in [4.78, 5) is 34.9. The minimum Gasteiger partial charge on any atom is -0.462 e. The molecule has 4 rings (SSSR count). The van der Waals surface area contributed by atoms with Gasteiger partial charge in [0.15, 0.2) is 0 Å². The number of benzene rings is 1. The molecule has 162 valence electrons. The van der Waals surface area contributed by atoms with Crippen molar-refractivity contribution < 1.29 is 28.6 Å². The van der Waals surface area contributed by atoms with Crippen LogP contribution in [-0.4, -0.2) is 24.0 Å². The second kappa shape index (κ2) is 7.71. The number of hydrogen-bond acceptors (Lipinski definition) is 6. The van der Waals surface area contributed by atoms with Gasteiger partial charge in [-0.25, -0.2) is 0 Å². The molecule has 0 aromatic heterocycles. The second-order valence-corrected chi connectivity index (χ2v) is 9.31. The molecule has 30 heavy (non-hydrogen) atoms. The normalized spacial score (nSPS) is 34.2. The van der Waals surface area contributed by atoms with E-state index in [2.05, 4.69) is 6.92 Å². The van der Waals surface area contributed by atoms with Gasteiger partial charge in [-0.1, -0.05) is 13.0 Å². The van der Waals surface area contributed by atoms with E-state index in [-0.39, 0.29) is 35.5 Å². The first-order valence-electron chi connectivity index (χ1n) is 10.9. The lowest BCUT2D eigenvalue weighted by Crippen LogP contribution is -2.45. The van der Waals surface area contributed by atoms with Gasteiger partial charge in [-0.15, -0.1) is 0 Å². The summed E-state index contributed by atoms with van der Waals surface area (Å²) in [5.41, 5.74) is 2.10.